The van der Waals surface area contributed by atoms with Crippen LogP contribution in [0.3, 0.4) is 0 Å². The Balaban J connectivity index is 1.65. The topological polar surface area (TPSA) is 69.2 Å². The van der Waals surface area contributed by atoms with Crippen LogP contribution in [0.25, 0.3) is 0 Å². The third kappa shape index (κ3) is 6.52. The second-order valence-electron chi connectivity index (χ2n) is 5.69. The summed E-state index contributed by atoms with van der Waals surface area (Å²) in [6, 6.07) is 16.0. The zero-order chi connectivity index (χ0) is 18.1. The Morgan fingerprint density at radius 3 is 2.40 bits per heavy atom. The van der Waals surface area contributed by atoms with Crippen LogP contribution in [0.4, 0.5) is 5.69 Å². The molecule has 0 amide bonds. The largest absolute Gasteiger partial charge is 0.375 e. The molecule has 2 rings (SSSR count). The van der Waals surface area contributed by atoms with Gasteiger partial charge in [-0.1, -0.05) is 48.5 Å². The average molecular weight is 356 g/mol. The van der Waals surface area contributed by atoms with Gasteiger partial charge in [0, 0.05) is 12.2 Å². The van der Waals surface area contributed by atoms with E-state index < -0.39 is 0 Å². The molecule has 0 atom stereocenters. The van der Waals surface area contributed by atoms with Crippen molar-refractivity contribution in [2.24, 2.45) is 0 Å². The maximum absolute atomic E-state index is 8.00. The van der Waals surface area contributed by atoms with Crippen LogP contribution in [-0.2, 0) is 11.3 Å². The second kappa shape index (κ2) is 9.76. The number of rotatable bonds is 6. The lowest BCUT2D eigenvalue weighted by molar-refractivity contribution is 0.125. The van der Waals surface area contributed by atoms with E-state index in [1.807, 2.05) is 62.4 Å². The van der Waals surface area contributed by atoms with Gasteiger partial charge >= 0.3 is 0 Å². The summed E-state index contributed by atoms with van der Waals surface area (Å²) in [6.45, 7) is 5.70. The van der Waals surface area contributed by atoms with Gasteiger partial charge in [-0.25, -0.2) is 0 Å². The first-order valence-corrected chi connectivity index (χ1v) is 8.55. The van der Waals surface area contributed by atoms with Gasteiger partial charge in [0.15, 0.2) is 11.1 Å². The molecule has 0 fully saturated rings. The van der Waals surface area contributed by atoms with E-state index in [1.54, 1.807) is 0 Å². The van der Waals surface area contributed by atoms with E-state index in [9.17, 15) is 0 Å². The molecule has 0 radical (unpaired) electrons. The van der Waals surface area contributed by atoms with Gasteiger partial charge in [-0.15, -0.1) is 0 Å². The summed E-state index contributed by atoms with van der Waals surface area (Å²) in [7, 11) is 0. The fraction of sp³-hybridized carbons (Fsp3) is 0.263. The van der Waals surface area contributed by atoms with Gasteiger partial charge in [0.1, 0.15) is 0 Å². The molecule has 0 aliphatic carbocycles. The zero-order valence-corrected chi connectivity index (χ0v) is 15.4. The number of para-hydroxylation sites is 1. The van der Waals surface area contributed by atoms with Crippen molar-refractivity contribution in [2.45, 2.75) is 20.5 Å². The highest BCUT2D eigenvalue weighted by molar-refractivity contribution is 7.80. The van der Waals surface area contributed by atoms with Gasteiger partial charge < -0.3 is 20.7 Å². The van der Waals surface area contributed by atoms with Gasteiger partial charge in [-0.2, -0.15) is 0 Å². The smallest absolute Gasteiger partial charge is 0.199 e. The molecule has 25 heavy (non-hydrogen) atoms. The predicted octanol–water partition coefficient (Wildman–Crippen LogP) is 3.33. The number of anilines is 1. The van der Waals surface area contributed by atoms with Crippen molar-refractivity contribution < 1.29 is 4.74 Å². The summed E-state index contributed by atoms with van der Waals surface area (Å²) in [4.78, 5) is 0. The van der Waals surface area contributed by atoms with Crippen molar-refractivity contribution in [2.75, 3.05) is 18.5 Å². The van der Waals surface area contributed by atoms with E-state index in [0.29, 0.717) is 24.9 Å². The minimum absolute atomic E-state index is 0.139. The highest BCUT2D eigenvalue weighted by Gasteiger charge is 2.05. The Labute approximate surface area is 154 Å². The molecule has 0 aromatic heterocycles. The van der Waals surface area contributed by atoms with Crippen LogP contribution in [-0.4, -0.2) is 24.2 Å². The number of hydrogen-bond acceptors (Lipinski definition) is 3. The molecule has 6 heteroatoms. The van der Waals surface area contributed by atoms with Crippen molar-refractivity contribution >= 4 is 29.0 Å². The lowest BCUT2D eigenvalue weighted by Crippen LogP contribution is -2.43. The van der Waals surface area contributed by atoms with E-state index in [0.717, 1.165) is 22.4 Å². The Kier molecular flexibility index (Phi) is 7.37. The van der Waals surface area contributed by atoms with Crippen LogP contribution < -0.4 is 16.0 Å². The van der Waals surface area contributed by atoms with Crippen LogP contribution in [0.5, 0.6) is 0 Å². The first-order chi connectivity index (χ1) is 12.1. The summed E-state index contributed by atoms with van der Waals surface area (Å²) in [5.74, 6) is 0.139. The average Bonchev–Trinajstić information content (AvgIpc) is 2.59. The lowest BCUT2D eigenvalue weighted by atomic mass is 10.1. The van der Waals surface area contributed by atoms with E-state index in [2.05, 4.69) is 16.0 Å². The number of aryl methyl sites for hydroxylation is 2. The number of ether oxygens (including phenoxy) is 1. The van der Waals surface area contributed by atoms with Crippen LogP contribution >= 0.6 is 12.2 Å². The molecule has 4 N–H and O–H groups in total. The Bertz CT molecular complexity index is 698. The summed E-state index contributed by atoms with van der Waals surface area (Å²) < 4.78 is 5.58. The van der Waals surface area contributed by atoms with E-state index in [-0.39, 0.29) is 5.96 Å². The normalized spacial score (nSPS) is 10.2. The maximum Gasteiger partial charge on any atom is 0.199 e. The number of nitrogens with one attached hydrogen (secondary N) is 4. The first-order valence-electron chi connectivity index (χ1n) is 8.14. The first kappa shape index (κ1) is 18.9. The number of hydrogen-bond donors (Lipinski definition) is 4. The molecule has 0 heterocycles. The Morgan fingerprint density at radius 2 is 1.72 bits per heavy atom. The van der Waals surface area contributed by atoms with E-state index in [4.69, 9.17) is 22.4 Å². The van der Waals surface area contributed by atoms with Crippen LogP contribution in [0.15, 0.2) is 48.5 Å². The minimum Gasteiger partial charge on any atom is -0.375 e. The van der Waals surface area contributed by atoms with Crippen molar-refractivity contribution in [1.29, 1.82) is 5.41 Å². The van der Waals surface area contributed by atoms with Gasteiger partial charge in [0.2, 0.25) is 0 Å². The molecule has 2 aromatic rings. The molecular weight excluding hydrogens is 332 g/mol. The van der Waals surface area contributed by atoms with E-state index >= 15 is 0 Å². The molecule has 132 valence electrons. The summed E-state index contributed by atoms with van der Waals surface area (Å²) in [5, 5.41) is 17.3. The van der Waals surface area contributed by atoms with Gasteiger partial charge in [0.05, 0.1) is 13.2 Å². The number of benzene rings is 2. The van der Waals surface area contributed by atoms with Crippen molar-refractivity contribution in [3.05, 3.63) is 65.2 Å². The molecule has 5 nitrogen and oxygen atoms in total. The summed E-state index contributed by atoms with van der Waals surface area (Å²) >= 11 is 5.20. The number of thiocarbonyl (C=S) groups is 1. The molecule has 0 aliphatic rings. The Morgan fingerprint density at radius 1 is 1.04 bits per heavy atom. The summed E-state index contributed by atoms with van der Waals surface area (Å²) in [6.07, 6.45) is 0. The predicted molar refractivity (Wildman–Crippen MR) is 107 cm³/mol. The molecule has 0 saturated heterocycles. The van der Waals surface area contributed by atoms with Crippen LogP contribution in [0.2, 0.25) is 0 Å². The van der Waals surface area contributed by atoms with Crippen molar-refractivity contribution in [3.8, 4) is 0 Å². The molecule has 2 aromatic carbocycles. The molecular formula is C19H24N4OS. The monoisotopic (exact) mass is 356 g/mol. The van der Waals surface area contributed by atoms with Gasteiger partial charge in [-0.3, -0.25) is 5.41 Å². The van der Waals surface area contributed by atoms with E-state index in [1.165, 1.54) is 0 Å². The van der Waals surface area contributed by atoms with Crippen LogP contribution in [0.1, 0.15) is 16.7 Å². The molecule has 0 saturated carbocycles. The molecule has 0 bridgehead atoms. The summed E-state index contributed by atoms with van der Waals surface area (Å²) in [5.41, 5.74) is 4.23. The molecule has 0 spiro atoms. The highest BCUT2D eigenvalue weighted by atomic mass is 32.1. The zero-order valence-electron chi connectivity index (χ0n) is 14.6. The SMILES string of the molecule is Cc1cccc(C)c1NC(=N)NC(=S)NCCOCc1ccccc1. The third-order valence-corrected chi connectivity index (χ3v) is 3.86. The molecule has 0 aliphatic heterocycles. The van der Waals surface area contributed by atoms with Gasteiger partial charge in [-0.05, 0) is 42.8 Å². The van der Waals surface area contributed by atoms with Crippen LogP contribution in [0, 0.1) is 19.3 Å². The Hall–Kier alpha value is -2.44. The van der Waals surface area contributed by atoms with Crippen molar-refractivity contribution in [3.63, 3.8) is 0 Å². The lowest BCUT2D eigenvalue weighted by Gasteiger charge is -2.15. The highest BCUT2D eigenvalue weighted by Crippen LogP contribution is 2.18. The fourth-order valence-electron chi connectivity index (χ4n) is 2.33. The minimum atomic E-state index is 0.139. The fourth-order valence-corrected chi connectivity index (χ4v) is 2.53. The molecule has 0 unspecified atom stereocenters. The third-order valence-electron chi connectivity index (χ3n) is 3.61. The standard InChI is InChI=1S/C19H24N4OS/c1-14-7-6-8-15(2)17(14)22-18(20)23-19(25)21-11-12-24-13-16-9-4-3-5-10-16/h3-10H,11-13H2,1-2H3,(H4,20,21,22,23,25). The van der Waals surface area contributed by atoms with Gasteiger partial charge in [0.25, 0.3) is 0 Å². The quantitative estimate of drug-likeness (QED) is 0.277. The number of guanidine groups is 1. The maximum atomic E-state index is 8.00. The van der Waals surface area contributed by atoms with Crippen molar-refractivity contribution in [1.82, 2.24) is 10.6 Å². The second-order valence-corrected chi connectivity index (χ2v) is 6.09.